The molecular weight excluding hydrogens is 342 g/mol. The average molecular weight is 363 g/mol. The molecule has 1 aliphatic carbocycles. The maximum atomic E-state index is 12.5. The molecule has 27 heavy (non-hydrogen) atoms. The number of anilines is 1. The first-order valence-corrected chi connectivity index (χ1v) is 9.20. The minimum atomic E-state index is -0.214. The fourth-order valence-corrected chi connectivity index (χ4v) is 3.47. The third kappa shape index (κ3) is 4.00. The van der Waals surface area contributed by atoms with E-state index >= 15 is 0 Å². The number of nitrogens with zero attached hydrogens (tertiary/aromatic N) is 2. The van der Waals surface area contributed by atoms with Crippen molar-refractivity contribution in [2.45, 2.75) is 38.3 Å². The van der Waals surface area contributed by atoms with Gasteiger partial charge in [-0.2, -0.15) is 5.10 Å². The van der Waals surface area contributed by atoms with Crippen molar-refractivity contribution in [2.75, 3.05) is 5.32 Å². The van der Waals surface area contributed by atoms with Crippen LogP contribution in [0.2, 0.25) is 0 Å². The van der Waals surface area contributed by atoms with Gasteiger partial charge in [0.1, 0.15) is 12.3 Å². The zero-order valence-electron chi connectivity index (χ0n) is 14.9. The number of ether oxygens (including phenoxy) is 1. The summed E-state index contributed by atoms with van der Waals surface area (Å²) in [6.07, 6.45) is 6.10. The number of amides is 1. The lowest BCUT2D eigenvalue weighted by molar-refractivity contribution is -0.116. The molecule has 0 bridgehead atoms. The van der Waals surface area contributed by atoms with E-state index in [0.717, 1.165) is 18.6 Å². The maximum absolute atomic E-state index is 12.5. The predicted molar refractivity (Wildman–Crippen MR) is 104 cm³/mol. The van der Waals surface area contributed by atoms with Crippen LogP contribution in [0.5, 0.6) is 5.75 Å². The molecule has 0 aliphatic heterocycles. The zero-order valence-corrected chi connectivity index (χ0v) is 14.9. The maximum Gasteiger partial charge on any atom is 0.246 e. The minimum absolute atomic E-state index is 0.0223. The first kappa shape index (κ1) is 17.3. The van der Waals surface area contributed by atoms with Crippen molar-refractivity contribution in [3.63, 3.8) is 0 Å². The van der Waals surface area contributed by atoms with Crippen molar-refractivity contribution < 1.29 is 9.53 Å². The monoisotopic (exact) mass is 363 g/mol. The van der Waals surface area contributed by atoms with E-state index in [1.54, 1.807) is 18.2 Å². The molecule has 1 heterocycles. The Morgan fingerprint density at radius 1 is 1.15 bits per heavy atom. The Morgan fingerprint density at radius 3 is 2.81 bits per heavy atom. The van der Waals surface area contributed by atoms with Crippen molar-refractivity contribution in [1.29, 1.82) is 0 Å². The van der Waals surface area contributed by atoms with E-state index in [1.807, 2.05) is 30.3 Å². The second kappa shape index (κ2) is 7.61. The van der Waals surface area contributed by atoms with Crippen LogP contribution in [0.1, 0.15) is 25.7 Å². The number of hydrogen-bond donors (Lipinski definition) is 1. The number of benzene rings is 2. The molecule has 1 amide bonds. The molecule has 6 nitrogen and oxygen atoms in total. The van der Waals surface area contributed by atoms with E-state index in [2.05, 4.69) is 10.4 Å². The number of rotatable bonds is 5. The SMILES string of the molecule is O=C(Cn1ncc(=O)c2ccccc21)Nc1cccc(OC2CCCC2)c1. The Bertz CT molecular complexity index is 1020. The number of nitrogens with one attached hydrogen (secondary N) is 1. The molecule has 138 valence electrons. The summed E-state index contributed by atoms with van der Waals surface area (Å²) >= 11 is 0. The van der Waals surface area contributed by atoms with Crippen molar-refractivity contribution in [3.8, 4) is 5.75 Å². The molecule has 0 radical (unpaired) electrons. The fraction of sp³-hybridized carbons (Fsp3) is 0.286. The topological polar surface area (TPSA) is 73.2 Å². The zero-order chi connectivity index (χ0) is 18.6. The van der Waals surface area contributed by atoms with Gasteiger partial charge in [0.2, 0.25) is 11.3 Å². The number of aromatic nitrogens is 2. The van der Waals surface area contributed by atoms with Gasteiger partial charge in [-0.1, -0.05) is 18.2 Å². The summed E-state index contributed by atoms with van der Waals surface area (Å²) in [6, 6.07) is 14.6. The van der Waals surface area contributed by atoms with Gasteiger partial charge in [0.25, 0.3) is 0 Å². The lowest BCUT2D eigenvalue weighted by atomic mass is 10.2. The van der Waals surface area contributed by atoms with Crippen LogP contribution in [0, 0.1) is 0 Å². The van der Waals surface area contributed by atoms with Crippen LogP contribution in [-0.4, -0.2) is 21.8 Å². The van der Waals surface area contributed by atoms with E-state index in [4.69, 9.17) is 4.74 Å². The molecule has 0 spiro atoms. The van der Waals surface area contributed by atoms with Gasteiger partial charge in [-0.15, -0.1) is 0 Å². The molecule has 0 atom stereocenters. The average Bonchev–Trinajstić information content (AvgIpc) is 3.17. The Balaban J connectivity index is 1.47. The van der Waals surface area contributed by atoms with Crippen LogP contribution >= 0.6 is 0 Å². The van der Waals surface area contributed by atoms with Gasteiger partial charge in [0.05, 0.1) is 17.8 Å². The summed E-state index contributed by atoms with van der Waals surface area (Å²) in [5.41, 5.74) is 1.17. The lowest BCUT2D eigenvalue weighted by Gasteiger charge is -2.14. The van der Waals surface area contributed by atoms with Crippen LogP contribution in [0.25, 0.3) is 10.9 Å². The molecule has 1 saturated carbocycles. The van der Waals surface area contributed by atoms with E-state index in [9.17, 15) is 9.59 Å². The van der Waals surface area contributed by atoms with Gasteiger partial charge in [-0.25, -0.2) is 0 Å². The quantitative estimate of drug-likeness (QED) is 0.754. The van der Waals surface area contributed by atoms with E-state index in [-0.39, 0.29) is 24.0 Å². The molecule has 0 saturated heterocycles. The van der Waals surface area contributed by atoms with Gasteiger partial charge in [-0.3, -0.25) is 14.3 Å². The number of para-hydroxylation sites is 1. The normalized spacial score (nSPS) is 14.4. The van der Waals surface area contributed by atoms with Crippen molar-refractivity contribution in [1.82, 2.24) is 9.78 Å². The van der Waals surface area contributed by atoms with Crippen LogP contribution in [0.15, 0.2) is 59.5 Å². The molecule has 1 aliphatic rings. The van der Waals surface area contributed by atoms with Crippen molar-refractivity contribution >= 4 is 22.5 Å². The predicted octanol–water partition coefficient (Wildman–Crippen LogP) is 3.36. The van der Waals surface area contributed by atoms with Gasteiger partial charge >= 0.3 is 0 Å². The van der Waals surface area contributed by atoms with E-state index in [1.165, 1.54) is 23.7 Å². The third-order valence-corrected chi connectivity index (χ3v) is 4.78. The highest BCUT2D eigenvalue weighted by Crippen LogP contribution is 2.25. The molecule has 1 fully saturated rings. The largest absolute Gasteiger partial charge is 0.490 e. The smallest absolute Gasteiger partial charge is 0.246 e. The van der Waals surface area contributed by atoms with Gasteiger partial charge in [-0.05, 0) is 49.9 Å². The second-order valence-corrected chi connectivity index (χ2v) is 6.78. The molecule has 1 N–H and O–H groups in total. The number of carbonyl (C=O) groups excluding carboxylic acids is 1. The molecule has 1 aromatic heterocycles. The minimum Gasteiger partial charge on any atom is -0.490 e. The standard InChI is InChI=1S/C21H21N3O3/c25-20-13-22-24(19-11-4-3-10-18(19)20)14-21(26)23-15-6-5-9-17(12-15)27-16-7-1-2-8-16/h3-6,9-13,16H,1-2,7-8,14H2,(H,23,26). The highest BCUT2D eigenvalue weighted by molar-refractivity contribution is 5.91. The Labute approximate surface area is 156 Å². The number of carbonyl (C=O) groups is 1. The van der Waals surface area contributed by atoms with Gasteiger partial charge in [0.15, 0.2) is 0 Å². The Morgan fingerprint density at radius 2 is 1.96 bits per heavy atom. The van der Waals surface area contributed by atoms with Crippen LogP contribution < -0.4 is 15.5 Å². The van der Waals surface area contributed by atoms with E-state index in [0.29, 0.717) is 16.6 Å². The summed E-state index contributed by atoms with van der Waals surface area (Å²) in [7, 11) is 0. The molecular formula is C21H21N3O3. The highest BCUT2D eigenvalue weighted by Gasteiger charge is 2.16. The van der Waals surface area contributed by atoms with Crippen LogP contribution in [0.4, 0.5) is 5.69 Å². The number of fused-ring (bicyclic) bond motifs is 1. The number of hydrogen-bond acceptors (Lipinski definition) is 4. The molecule has 0 unspecified atom stereocenters. The Hall–Kier alpha value is -3.15. The van der Waals surface area contributed by atoms with Crippen molar-refractivity contribution in [2.24, 2.45) is 0 Å². The van der Waals surface area contributed by atoms with Gasteiger partial charge in [0, 0.05) is 17.1 Å². The summed E-state index contributed by atoms with van der Waals surface area (Å²) in [5, 5.41) is 7.52. The highest BCUT2D eigenvalue weighted by atomic mass is 16.5. The third-order valence-electron chi connectivity index (χ3n) is 4.78. The molecule has 6 heteroatoms. The molecule has 3 aromatic rings. The summed E-state index contributed by atoms with van der Waals surface area (Å²) in [5.74, 6) is 0.556. The van der Waals surface area contributed by atoms with Crippen LogP contribution in [0.3, 0.4) is 0 Å². The van der Waals surface area contributed by atoms with Gasteiger partial charge < -0.3 is 10.1 Å². The molecule has 2 aromatic carbocycles. The molecule has 4 rings (SSSR count). The lowest BCUT2D eigenvalue weighted by Crippen LogP contribution is -2.22. The first-order valence-electron chi connectivity index (χ1n) is 9.20. The van der Waals surface area contributed by atoms with Crippen molar-refractivity contribution in [3.05, 3.63) is 65.0 Å². The second-order valence-electron chi connectivity index (χ2n) is 6.78. The Kier molecular flexibility index (Phi) is 4.87. The summed E-state index contributed by atoms with van der Waals surface area (Å²) in [6.45, 7) is 0.0223. The summed E-state index contributed by atoms with van der Waals surface area (Å²) < 4.78 is 7.52. The van der Waals surface area contributed by atoms with Crippen LogP contribution in [-0.2, 0) is 11.3 Å². The summed E-state index contributed by atoms with van der Waals surface area (Å²) in [4.78, 5) is 24.4. The fourth-order valence-electron chi connectivity index (χ4n) is 3.47. The first-order chi connectivity index (χ1) is 13.2. The van der Waals surface area contributed by atoms with E-state index < -0.39 is 0 Å².